The molecule has 0 heterocycles. The highest BCUT2D eigenvalue weighted by Crippen LogP contribution is 2.59. The van der Waals surface area contributed by atoms with Crippen LogP contribution in [-0.4, -0.2) is 18.6 Å². The van der Waals surface area contributed by atoms with Crippen molar-refractivity contribution in [1.82, 2.24) is 10.9 Å². The summed E-state index contributed by atoms with van der Waals surface area (Å²) in [7, 11) is 0. The Hall–Kier alpha value is -3.08. The second kappa shape index (κ2) is 7.74. The van der Waals surface area contributed by atoms with E-state index in [2.05, 4.69) is 30.8 Å². The van der Waals surface area contributed by atoms with Crippen LogP contribution in [0, 0.1) is 17.3 Å². The van der Waals surface area contributed by atoms with Crippen LogP contribution < -0.4 is 10.9 Å². The number of allylic oxidation sites excluding steroid dienone is 1. The Kier molecular flexibility index (Phi) is 5.14. The molecular weight excluding hydrogens is 364 g/mol. The average Bonchev–Trinajstić information content (AvgIpc) is 2.76. The molecule has 2 aromatic carbocycles. The summed E-state index contributed by atoms with van der Waals surface area (Å²) in [6, 6.07) is 17.2. The first-order valence-corrected chi connectivity index (χ1v) is 10.0. The minimum Gasteiger partial charge on any atom is -0.444 e. The fourth-order valence-electron chi connectivity index (χ4n) is 4.45. The Labute approximate surface area is 171 Å². The molecule has 0 spiro atoms. The molecule has 2 bridgehead atoms. The zero-order valence-corrected chi connectivity index (χ0v) is 16.8. The number of ether oxygens (including phenoxy) is 1. The molecule has 5 rings (SSSR count). The van der Waals surface area contributed by atoms with Gasteiger partial charge in [0.15, 0.2) is 0 Å². The van der Waals surface area contributed by atoms with Gasteiger partial charge in [0, 0.05) is 5.56 Å². The van der Waals surface area contributed by atoms with E-state index in [4.69, 9.17) is 4.74 Å². The monoisotopic (exact) mass is 390 g/mol. The van der Waals surface area contributed by atoms with E-state index in [9.17, 15) is 9.59 Å². The van der Waals surface area contributed by atoms with Gasteiger partial charge in [-0.05, 0) is 58.9 Å². The molecule has 0 radical (unpaired) electrons. The highest BCUT2D eigenvalue weighted by molar-refractivity contribution is 5.95. The molecule has 29 heavy (non-hydrogen) atoms. The number of rotatable bonds is 4. The van der Waals surface area contributed by atoms with E-state index in [1.54, 1.807) is 12.1 Å². The van der Waals surface area contributed by atoms with Gasteiger partial charge in [-0.2, -0.15) is 0 Å². The third kappa shape index (κ3) is 3.90. The van der Waals surface area contributed by atoms with E-state index in [1.165, 1.54) is 12.0 Å². The number of hydrogen-bond acceptors (Lipinski definition) is 3. The normalized spacial score (nSPS) is 21.4. The Morgan fingerprint density at radius 2 is 1.69 bits per heavy atom. The van der Waals surface area contributed by atoms with E-state index >= 15 is 0 Å². The summed E-state index contributed by atoms with van der Waals surface area (Å²) in [5, 5.41) is 0. The lowest BCUT2D eigenvalue weighted by Gasteiger charge is -2.56. The molecule has 0 aromatic heterocycles. The Morgan fingerprint density at radius 1 is 1.00 bits per heavy atom. The van der Waals surface area contributed by atoms with Gasteiger partial charge in [0.1, 0.15) is 6.61 Å². The number of hydrogen-bond donors (Lipinski definition) is 2. The van der Waals surface area contributed by atoms with Gasteiger partial charge in [-0.25, -0.2) is 10.2 Å². The van der Waals surface area contributed by atoms with Crippen LogP contribution in [-0.2, 0) is 4.74 Å². The molecule has 2 N–H and O–H groups in total. The van der Waals surface area contributed by atoms with Crippen molar-refractivity contribution in [3.8, 4) is 11.1 Å². The molecule has 0 aliphatic heterocycles. The van der Waals surface area contributed by atoms with Gasteiger partial charge < -0.3 is 4.74 Å². The minimum atomic E-state index is -0.653. The lowest BCUT2D eigenvalue weighted by molar-refractivity contribution is -0.0136. The van der Waals surface area contributed by atoms with Gasteiger partial charge >= 0.3 is 6.09 Å². The molecule has 1 saturated carbocycles. The molecule has 3 aliphatic carbocycles. The SMILES string of the molecule is CC1(C)C2CC=C(COC(=O)NNC(=O)c3ccc(-c4ccccc4)cc3)C1C2. The van der Waals surface area contributed by atoms with Crippen LogP contribution in [0.15, 0.2) is 66.2 Å². The zero-order valence-electron chi connectivity index (χ0n) is 16.8. The second-order valence-electron chi connectivity index (χ2n) is 8.42. The number of hydrazine groups is 1. The first kappa shape index (κ1) is 19.2. The molecule has 5 nitrogen and oxygen atoms in total. The highest BCUT2D eigenvalue weighted by atomic mass is 16.6. The van der Waals surface area contributed by atoms with Crippen molar-refractivity contribution in [2.24, 2.45) is 17.3 Å². The average molecular weight is 390 g/mol. The van der Waals surface area contributed by atoms with Crippen LogP contribution in [0.1, 0.15) is 37.0 Å². The van der Waals surface area contributed by atoms with Crippen molar-refractivity contribution in [2.75, 3.05) is 6.61 Å². The molecule has 150 valence electrons. The Bertz CT molecular complexity index is 932. The van der Waals surface area contributed by atoms with Crippen LogP contribution in [0.3, 0.4) is 0 Å². The molecular formula is C24H26N2O3. The van der Waals surface area contributed by atoms with Crippen LogP contribution in [0.25, 0.3) is 11.1 Å². The third-order valence-electron chi connectivity index (χ3n) is 6.48. The maximum Gasteiger partial charge on any atom is 0.426 e. The number of carbonyl (C=O) groups is 2. The maximum absolute atomic E-state index is 12.3. The summed E-state index contributed by atoms with van der Waals surface area (Å²) in [5.74, 6) is 0.853. The van der Waals surface area contributed by atoms with Crippen LogP contribution in [0.4, 0.5) is 4.79 Å². The van der Waals surface area contributed by atoms with Crippen LogP contribution >= 0.6 is 0 Å². The molecule has 0 saturated heterocycles. The van der Waals surface area contributed by atoms with Crippen LogP contribution in [0.2, 0.25) is 0 Å². The highest BCUT2D eigenvalue weighted by Gasteiger charge is 2.51. The van der Waals surface area contributed by atoms with Crippen molar-refractivity contribution in [2.45, 2.75) is 26.7 Å². The topological polar surface area (TPSA) is 67.4 Å². The maximum atomic E-state index is 12.3. The number of fused-ring (bicyclic) bond motifs is 1. The minimum absolute atomic E-state index is 0.272. The first-order chi connectivity index (χ1) is 13.9. The second-order valence-corrected chi connectivity index (χ2v) is 8.42. The zero-order chi connectivity index (χ0) is 20.4. The summed E-state index contributed by atoms with van der Waals surface area (Å²) < 4.78 is 5.30. The lowest BCUT2D eigenvalue weighted by Crippen LogP contribution is -2.49. The summed E-state index contributed by atoms with van der Waals surface area (Å²) in [6.07, 6.45) is 3.78. The number of benzene rings is 2. The van der Waals surface area contributed by atoms with Crippen molar-refractivity contribution >= 4 is 12.0 Å². The molecule has 2 atom stereocenters. The van der Waals surface area contributed by atoms with E-state index in [-0.39, 0.29) is 12.5 Å². The summed E-state index contributed by atoms with van der Waals surface area (Å²) in [5.41, 5.74) is 8.78. The first-order valence-electron chi connectivity index (χ1n) is 10.0. The van der Waals surface area contributed by atoms with Gasteiger partial charge in [-0.3, -0.25) is 10.2 Å². The standard InChI is InChI=1S/C24H26N2O3/c1-24(2)20-13-12-19(21(24)14-20)15-29-23(28)26-25-22(27)18-10-8-17(9-11-18)16-6-4-3-5-7-16/h3-12,20-21H,13-15H2,1-2H3,(H,25,27)(H,26,28). The van der Waals surface area contributed by atoms with Gasteiger partial charge in [-0.15, -0.1) is 0 Å². The third-order valence-corrected chi connectivity index (χ3v) is 6.48. The number of amides is 2. The van der Waals surface area contributed by atoms with E-state index in [1.807, 2.05) is 42.5 Å². The summed E-state index contributed by atoms with van der Waals surface area (Å²) in [4.78, 5) is 24.2. The Balaban J connectivity index is 1.25. The van der Waals surface area contributed by atoms with E-state index in [0.29, 0.717) is 16.9 Å². The van der Waals surface area contributed by atoms with Gasteiger partial charge in [0.05, 0.1) is 0 Å². The smallest absolute Gasteiger partial charge is 0.426 e. The van der Waals surface area contributed by atoms with Crippen molar-refractivity contribution in [3.63, 3.8) is 0 Å². The molecule has 1 fully saturated rings. The van der Waals surface area contributed by atoms with Crippen molar-refractivity contribution in [3.05, 3.63) is 71.8 Å². The fourth-order valence-corrected chi connectivity index (χ4v) is 4.45. The van der Waals surface area contributed by atoms with E-state index < -0.39 is 6.09 Å². The van der Waals surface area contributed by atoms with Crippen LogP contribution in [0.5, 0.6) is 0 Å². The number of carbonyl (C=O) groups excluding carboxylic acids is 2. The quantitative estimate of drug-likeness (QED) is 0.586. The van der Waals surface area contributed by atoms with Crippen molar-refractivity contribution in [1.29, 1.82) is 0 Å². The summed E-state index contributed by atoms with van der Waals surface area (Å²) in [6.45, 7) is 4.83. The Morgan fingerprint density at radius 3 is 2.34 bits per heavy atom. The molecule has 2 aromatic rings. The molecule has 2 unspecified atom stereocenters. The van der Waals surface area contributed by atoms with Crippen molar-refractivity contribution < 1.29 is 14.3 Å². The molecule has 3 aliphatic rings. The summed E-state index contributed by atoms with van der Waals surface area (Å²) >= 11 is 0. The predicted molar refractivity (Wildman–Crippen MR) is 112 cm³/mol. The fraction of sp³-hybridized carbons (Fsp3) is 0.333. The van der Waals surface area contributed by atoms with Gasteiger partial charge in [-0.1, -0.05) is 62.4 Å². The lowest BCUT2D eigenvalue weighted by atomic mass is 9.49. The molecule has 2 amide bonds. The van der Waals surface area contributed by atoms with E-state index in [0.717, 1.165) is 23.5 Å². The van der Waals surface area contributed by atoms with Gasteiger partial charge in [0.2, 0.25) is 0 Å². The number of nitrogens with one attached hydrogen (secondary N) is 2. The van der Waals surface area contributed by atoms with Gasteiger partial charge in [0.25, 0.3) is 5.91 Å². The largest absolute Gasteiger partial charge is 0.444 e. The molecule has 5 heteroatoms. The predicted octanol–water partition coefficient (Wildman–Crippen LogP) is 4.72.